The van der Waals surface area contributed by atoms with Gasteiger partial charge in [0, 0.05) is 6.42 Å². The zero-order chi connectivity index (χ0) is 8.10. The molecule has 0 fully saturated rings. The third-order valence-electron chi connectivity index (χ3n) is 1.46. The van der Waals surface area contributed by atoms with Crippen LogP contribution < -0.4 is 5.32 Å². The fourth-order valence-electron chi connectivity index (χ4n) is 0.851. The van der Waals surface area contributed by atoms with Crippen molar-refractivity contribution in [3.63, 3.8) is 0 Å². The fourth-order valence-corrected chi connectivity index (χ4v) is 0.851. The highest BCUT2D eigenvalue weighted by Crippen LogP contribution is 2.09. The third kappa shape index (κ3) is 1.79. The van der Waals surface area contributed by atoms with Crippen LogP contribution >= 0.6 is 0 Å². The number of rotatable bonds is 3. The summed E-state index contributed by atoms with van der Waals surface area (Å²) in [5.74, 6) is 2.56. The SMILES string of the molecule is C#CCC(NC)c1cn[nH]n1. The van der Waals surface area contributed by atoms with Crippen molar-refractivity contribution < 1.29 is 0 Å². The second-order valence-corrected chi connectivity index (χ2v) is 2.14. The summed E-state index contributed by atoms with van der Waals surface area (Å²) < 4.78 is 0. The predicted octanol–water partition coefficient (Wildman–Crippen LogP) is 0.0885. The summed E-state index contributed by atoms with van der Waals surface area (Å²) in [5, 5.41) is 13.2. The molecule has 4 nitrogen and oxygen atoms in total. The van der Waals surface area contributed by atoms with Crippen LogP contribution in [-0.4, -0.2) is 22.5 Å². The lowest BCUT2D eigenvalue weighted by atomic mass is 10.1. The zero-order valence-corrected chi connectivity index (χ0v) is 6.33. The average Bonchev–Trinajstić information content (AvgIpc) is 2.52. The lowest BCUT2D eigenvalue weighted by Crippen LogP contribution is -2.15. The Morgan fingerprint density at radius 3 is 3.18 bits per heavy atom. The van der Waals surface area contributed by atoms with E-state index in [-0.39, 0.29) is 6.04 Å². The number of nitrogens with one attached hydrogen (secondary N) is 2. The molecule has 4 heteroatoms. The molecule has 58 valence electrons. The Kier molecular flexibility index (Phi) is 2.64. The van der Waals surface area contributed by atoms with Gasteiger partial charge in [-0.1, -0.05) is 0 Å². The quantitative estimate of drug-likeness (QED) is 0.600. The highest BCUT2D eigenvalue weighted by atomic mass is 15.3. The lowest BCUT2D eigenvalue weighted by Gasteiger charge is -2.07. The summed E-state index contributed by atoms with van der Waals surface area (Å²) in [6.07, 6.45) is 7.46. The number of hydrogen-bond donors (Lipinski definition) is 2. The van der Waals surface area contributed by atoms with Gasteiger partial charge in [-0.3, -0.25) is 0 Å². The van der Waals surface area contributed by atoms with Gasteiger partial charge in [-0.2, -0.15) is 15.4 Å². The molecule has 2 N–H and O–H groups in total. The standard InChI is InChI=1S/C7H10N4/c1-3-4-6(8-2)7-5-9-11-10-7/h1,5-6,8H,4H2,2H3,(H,9,10,11). The van der Waals surface area contributed by atoms with Gasteiger partial charge >= 0.3 is 0 Å². The highest BCUT2D eigenvalue weighted by molar-refractivity contribution is 5.04. The van der Waals surface area contributed by atoms with E-state index in [1.165, 1.54) is 0 Å². The van der Waals surface area contributed by atoms with Crippen molar-refractivity contribution in [1.82, 2.24) is 20.7 Å². The topological polar surface area (TPSA) is 53.6 Å². The molecule has 0 aromatic carbocycles. The van der Waals surface area contributed by atoms with Gasteiger partial charge in [0.05, 0.1) is 12.2 Å². The maximum atomic E-state index is 5.16. The predicted molar refractivity (Wildman–Crippen MR) is 41.6 cm³/mol. The van der Waals surface area contributed by atoms with E-state index in [9.17, 15) is 0 Å². The Balaban J connectivity index is 2.65. The molecule has 1 aromatic heterocycles. The lowest BCUT2D eigenvalue weighted by molar-refractivity contribution is 0.592. The smallest absolute Gasteiger partial charge is 0.100 e. The molecule has 0 saturated heterocycles. The van der Waals surface area contributed by atoms with Crippen LogP contribution in [0, 0.1) is 12.3 Å². The van der Waals surface area contributed by atoms with Gasteiger partial charge in [-0.25, -0.2) is 0 Å². The van der Waals surface area contributed by atoms with Crippen molar-refractivity contribution in [3.05, 3.63) is 11.9 Å². The molecule has 0 saturated carbocycles. The first-order chi connectivity index (χ1) is 5.38. The van der Waals surface area contributed by atoms with E-state index in [2.05, 4.69) is 26.6 Å². The van der Waals surface area contributed by atoms with Crippen molar-refractivity contribution in [2.24, 2.45) is 0 Å². The van der Waals surface area contributed by atoms with E-state index in [0.717, 1.165) is 5.69 Å². The number of H-pyrrole nitrogens is 1. The molecule has 11 heavy (non-hydrogen) atoms. The van der Waals surface area contributed by atoms with Gasteiger partial charge in [0.15, 0.2) is 0 Å². The second kappa shape index (κ2) is 3.74. The summed E-state index contributed by atoms with van der Waals surface area (Å²) >= 11 is 0. The first-order valence-electron chi connectivity index (χ1n) is 3.35. The van der Waals surface area contributed by atoms with Gasteiger partial charge in [0.2, 0.25) is 0 Å². The van der Waals surface area contributed by atoms with Gasteiger partial charge in [0.1, 0.15) is 5.69 Å². The molecule has 1 rings (SSSR count). The van der Waals surface area contributed by atoms with Crippen molar-refractivity contribution in [2.75, 3.05) is 7.05 Å². The molecule has 1 atom stereocenters. The Labute approximate surface area is 65.4 Å². The van der Waals surface area contributed by atoms with Gasteiger partial charge in [-0.05, 0) is 7.05 Å². The molecule has 0 bridgehead atoms. The maximum Gasteiger partial charge on any atom is 0.100 e. The van der Waals surface area contributed by atoms with E-state index < -0.39 is 0 Å². The van der Waals surface area contributed by atoms with E-state index in [4.69, 9.17) is 6.42 Å². The van der Waals surface area contributed by atoms with Crippen molar-refractivity contribution in [1.29, 1.82) is 0 Å². The van der Waals surface area contributed by atoms with Crippen LogP contribution in [0.1, 0.15) is 18.2 Å². The summed E-state index contributed by atoms with van der Waals surface area (Å²) in [6.45, 7) is 0. The highest BCUT2D eigenvalue weighted by Gasteiger charge is 2.09. The molecule has 0 aliphatic carbocycles. The molecule has 1 aromatic rings. The number of terminal acetylenes is 1. The molecular formula is C7H10N4. The minimum absolute atomic E-state index is 0.110. The van der Waals surface area contributed by atoms with Crippen LogP contribution in [0.15, 0.2) is 6.20 Å². The molecule has 0 radical (unpaired) electrons. The molecule has 0 aliphatic heterocycles. The summed E-state index contributed by atoms with van der Waals surface area (Å²) in [6, 6.07) is 0.110. The summed E-state index contributed by atoms with van der Waals surface area (Å²) in [5.41, 5.74) is 0.852. The number of aromatic amines is 1. The zero-order valence-electron chi connectivity index (χ0n) is 6.33. The van der Waals surface area contributed by atoms with Gasteiger partial charge in [0.25, 0.3) is 0 Å². The van der Waals surface area contributed by atoms with E-state index in [0.29, 0.717) is 6.42 Å². The van der Waals surface area contributed by atoms with E-state index >= 15 is 0 Å². The Morgan fingerprint density at radius 1 is 1.91 bits per heavy atom. The average molecular weight is 150 g/mol. The summed E-state index contributed by atoms with van der Waals surface area (Å²) in [7, 11) is 1.84. The number of aromatic nitrogens is 3. The van der Waals surface area contributed by atoms with Crippen molar-refractivity contribution in [3.8, 4) is 12.3 Å². The van der Waals surface area contributed by atoms with Gasteiger partial charge in [-0.15, -0.1) is 12.3 Å². The normalized spacial score (nSPS) is 12.4. The van der Waals surface area contributed by atoms with Crippen LogP contribution in [0.3, 0.4) is 0 Å². The Hall–Kier alpha value is -1.34. The maximum absolute atomic E-state index is 5.16. The first kappa shape index (κ1) is 7.76. The monoisotopic (exact) mass is 150 g/mol. The molecule has 1 unspecified atom stereocenters. The van der Waals surface area contributed by atoms with Gasteiger partial charge < -0.3 is 5.32 Å². The van der Waals surface area contributed by atoms with Crippen molar-refractivity contribution in [2.45, 2.75) is 12.5 Å². The first-order valence-corrected chi connectivity index (χ1v) is 3.35. The van der Waals surface area contributed by atoms with E-state index in [1.807, 2.05) is 7.05 Å². The number of nitrogens with zero attached hydrogens (tertiary/aromatic N) is 2. The molecule has 0 amide bonds. The van der Waals surface area contributed by atoms with Crippen LogP contribution in [-0.2, 0) is 0 Å². The Morgan fingerprint density at radius 2 is 2.73 bits per heavy atom. The second-order valence-electron chi connectivity index (χ2n) is 2.14. The Bertz CT molecular complexity index is 233. The van der Waals surface area contributed by atoms with Crippen LogP contribution in [0.5, 0.6) is 0 Å². The number of hydrogen-bond acceptors (Lipinski definition) is 3. The van der Waals surface area contributed by atoms with E-state index in [1.54, 1.807) is 6.20 Å². The molecule has 0 spiro atoms. The van der Waals surface area contributed by atoms with Crippen LogP contribution in [0.25, 0.3) is 0 Å². The van der Waals surface area contributed by atoms with Crippen LogP contribution in [0.2, 0.25) is 0 Å². The molecular weight excluding hydrogens is 140 g/mol. The van der Waals surface area contributed by atoms with Crippen molar-refractivity contribution >= 4 is 0 Å². The largest absolute Gasteiger partial charge is 0.311 e. The summed E-state index contributed by atoms with van der Waals surface area (Å²) in [4.78, 5) is 0. The minimum atomic E-state index is 0.110. The third-order valence-corrected chi connectivity index (χ3v) is 1.46. The minimum Gasteiger partial charge on any atom is -0.311 e. The molecule has 0 aliphatic rings. The van der Waals surface area contributed by atoms with Crippen LogP contribution in [0.4, 0.5) is 0 Å². The fraction of sp³-hybridized carbons (Fsp3) is 0.429. The molecule has 1 heterocycles.